The van der Waals surface area contributed by atoms with E-state index in [1.165, 1.54) is 11.3 Å². The molecular weight excluding hydrogens is 330 g/mol. The second kappa shape index (κ2) is 6.07. The zero-order chi connectivity index (χ0) is 16.6. The Balaban J connectivity index is 1.69. The molecule has 2 heterocycles. The molecule has 7 heteroatoms. The van der Waals surface area contributed by atoms with E-state index in [4.69, 9.17) is 0 Å². The molecular formula is C16H19N3O2S2. The van der Waals surface area contributed by atoms with Gasteiger partial charge in [0.15, 0.2) is 0 Å². The van der Waals surface area contributed by atoms with Crippen molar-refractivity contribution in [1.82, 2.24) is 14.3 Å². The zero-order valence-electron chi connectivity index (χ0n) is 13.3. The minimum atomic E-state index is -3.41. The number of hydrogen-bond acceptors (Lipinski definition) is 4. The van der Waals surface area contributed by atoms with E-state index in [0.717, 1.165) is 27.3 Å². The van der Waals surface area contributed by atoms with E-state index in [2.05, 4.69) is 9.71 Å². The summed E-state index contributed by atoms with van der Waals surface area (Å²) >= 11 is 1.28. The highest BCUT2D eigenvalue weighted by Crippen LogP contribution is 2.20. The molecule has 0 aliphatic carbocycles. The van der Waals surface area contributed by atoms with Crippen LogP contribution in [0.3, 0.4) is 0 Å². The summed E-state index contributed by atoms with van der Waals surface area (Å²) in [5, 5.41) is 0. The monoisotopic (exact) mass is 349 g/mol. The predicted molar refractivity (Wildman–Crippen MR) is 93.4 cm³/mol. The zero-order valence-corrected chi connectivity index (χ0v) is 15.0. The number of nitrogens with one attached hydrogen (secondary N) is 1. The van der Waals surface area contributed by atoms with Gasteiger partial charge in [-0.3, -0.25) is 0 Å². The summed E-state index contributed by atoms with van der Waals surface area (Å²) < 4.78 is 29.4. The van der Waals surface area contributed by atoms with Crippen molar-refractivity contribution in [2.45, 2.75) is 24.5 Å². The molecule has 0 aliphatic rings. The predicted octanol–water partition coefficient (Wildman–Crippen LogP) is 2.77. The molecule has 2 aromatic heterocycles. The Kier molecular flexibility index (Phi) is 4.27. The summed E-state index contributed by atoms with van der Waals surface area (Å²) in [6, 6.07) is 9.53. The molecule has 0 bridgehead atoms. The first-order valence-electron chi connectivity index (χ1n) is 7.35. The molecule has 0 saturated carbocycles. The first-order valence-corrected chi connectivity index (χ1v) is 9.65. The SMILES string of the molecule is Cc1ccc(S(=O)(=O)NCCc2ccc3c(c2)nc(C)n3C)s1. The number of fused-ring (bicyclic) bond motifs is 1. The number of imidazole rings is 1. The smallest absolute Gasteiger partial charge is 0.250 e. The van der Waals surface area contributed by atoms with E-state index >= 15 is 0 Å². The molecule has 1 N–H and O–H groups in total. The van der Waals surface area contributed by atoms with Gasteiger partial charge in [0.25, 0.3) is 0 Å². The number of sulfonamides is 1. The number of aromatic nitrogens is 2. The summed E-state index contributed by atoms with van der Waals surface area (Å²) in [5.74, 6) is 0.964. The molecule has 23 heavy (non-hydrogen) atoms. The third kappa shape index (κ3) is 3.31. The van der Waals surface area contributed by atoms with Crippen molar-refractivity contribution < 1.29 is 8.42 Å². The van der Waals surface area contributed by atoms with E-state index in [-0.39, 0.29) is 0 Å². The third-order valence-electron chi connectivity index (χ3n) is 3.86. The van der Waals surface area contributed by atoms with Crippen LogP contribution in [0.4, 0.5) is 0 Å². The summed E-state index contributed by atoms with van der Waals surface area (Å²) in [7, 11) is -1.42. The average Bonchev–Trinajstić information content (AvgIpc) is 3.04. The van der Waals surface area contributed by atoms with Crippen molar-refractivity contribution in [2.24, 2.45) is 7.05 Å². The molecule has 0 atom stereocenters. The summed E-state index contributed by atoms with van der Waals surface area (Å²) in [6.07, 6.45) is 0.634. The molecule has 0 unspecified atom stereocenters. The van der Waals surface area contributed by atoms with Gasteiger partial charge in [0.05, 0.1) is 11.0 Å². The van der Waals surface area contributed by atoms with Crippen LogP contribution >= 0.6 is 11.3 Å². The van der Waals surface area contributed by atoms with Crippen LogP contribution in [0.2, 0.25) is 0 Å². The molecule has 3 rings (SSSR count). The molecule has 1 aromatic carbocycles. The van der Waals surface area contributed by atoms with Gasteiger partial charge in [-0.1, -0.05) is 6.07 Å². The van der Waals surface area contributed by atoms with E-state index < -0.39 is 10.0 Å². The van der Waals surface area contributed by atoms with E-state index in [0.29, 0.717) is 17.2 Å². The minimum absolute atomic E-state index is 0.366. The number of aryl methyl sites for hydroxylation is 3. The second-order valence-corrected chi connectivity index (χ2v) is 8.84. The van der Waals surface area contributed by atoms with Crippen molar-refractivity contribution in [3.05, 3.63) is 46.6 Å². The van der Waals surface area contributed by atoms with Crippen LogP contribution in [-0.2, 0) is 23.5 Å². The lowest BCUT2D eigenvalue weighted by Gasteiger charge is -2.05. The summed E-state index contributed by atoms with van der Waals surface area (Å²) in [6.45, 7) is 4.24. The lowest BCUT2D eigenvalue weighted by Crippen LogP contribution is -2.25. The van der Waals surface area contributed by atoms with Gasteiger partial charge in [0, 0.05) is 18.5 Å². The fourth-order valence-corrected chi connectivity index (χ4v) is 4.84. The molecule has 0 fully saturated rings. The van der Waals surface area contributed by atoms with Crippen LogP contribution in [0.25, 0.3) is 11.0 Å². The van der Waals surface area contributed by atoms with E-state index in [1.54, 1.807) is 6.07 Å². The number of hydrogen-bond donors (Lipinski definition) is 1. The second-order valence-electron chi connectivity index (χ2n) is 5.55. The molecule has 5 nitrogen and oxygen atoms in total. The van der Waals surface area contributed by atoms with Crippen LogP contribution < -0.4 is 4.72 Å². The van der Waals surface area contributed by atoms with Gasteiger partial charge in [0.1, 0.15) is 10.0 Å². The van der Waals surface area contributed by atoms with Crippen LogP contribution in [-0.4, -0.2) is 24.5 Å². The molecule has 0 aliphatic heterocycles. The Morgan fingerprint density at radius 1 is 1.22 bits per heavy atom. The quantitative estimate of drug-likeness (QED) is 0.770. The van der Waals surface area contributed by atoms with Gasteiger partial charge in [-0.15, -0.1) is 11.3 Å². The van der Waals surface area contributed by atoms with Crippen LogP contribution in [0, 0.1) is 13.8 Å². The highest BCUT2D eigenvalue weighted by molar-refractivity contribution is 7.91. The fraction of sp³-hybridized carbons (Fsp3) is 0.312. The van der Waals surface area contributed by atoms with E-state index in [1.807, 2.05) is 49.7 Å². The highest BCUT2D eigenvalue weighted by Gasteiger charge is 2.15. The molecule has 0 radical (unpaired) electrons. The molecule has 0 spiro atoms. The van der Waals surface area contributed by atoms with Crippen molar-refractivity contribution in [1.29, 1.82) is 0 Å². The number of rotatable bonds is 5. The van der Waals surface area contributed by atoms with E-state index in [9.17, 15) is 8.42 Å². The van der Waals surface area contributed by atoms with Crippen LogP contribution in [0.1, 0.15) is 16.3 Å². The lowest BCUT2D eigenvalue weighted by atomic mass is 10.1. The maximum atomic E-state index is 12.2. The van der Waals surface area contributed by atoms with Crippen LogP contribution in [0.15, 0.2) is 34.5 Å². The van der Waals surface area contributed by atoms with Gasteiger partial charge in [0.2, 0.25) is 10.0 Å². The maximum absolute atomic E-state index is 12.2. The normalized spacial score (nSPS) is 12.1. The van der Waals surface area contributed by atoms with Crippen molar-refractivity contribution >= 4 is 32.4 Å². The first kappa shape index (κ1) is 16.2. The number of nitrogens with zero attached hydrogens (tertiary/aromatic N) is 2. The largest absolute Gasteiger partial charge is 0.331 e. The molecule has 0 amide bonds. The topological polar surface area (TPSA) is 64.0 Å². The Labute approximate surface area is 140 Å². The summed E-state index contributed by atoms with van der Waals surface area (Å²) in [4.78, 5) is 5.49. The first-order chi connectivity index (χ1) is 10.9. The number of thiophene rings is 1. The van der Waals surface area contributed by atoms with Crippen molar-refractivity contribution in [3.8, 4) is 0 Å². The van der Waals surface area contributed by atoms with Crippen molar-refractivity contribution in [3.63, 3.8) is 0 Å². The van der Waals surface area contributed by atoms with Gasteiger partial charge < -0.3 is 4.57 Å². The number of benzene rings is 1. The van der Waals surface area contributed by atoms with Crippen LogP contribution in [0.5, 0.6) is 0 Å². The molecule has 122 valence electrons. The minimum Gasteiger partial charge on any atom is -0.331 e. The Bertz CT molecular complexity index is 955. The van der Waals surface area contributed by atoms with Crippen molar-refractivity contribution in [2.75, 3.05) is 6.54 Å². The standard InChI is InChI=1S/C16H19N3O2S2/c1-11-4-7-16(22-11)23(20,21)17-9-8-13-5-6-15-14(10-13)18-12(2)19(15)3/h4-7,10,17H,8-9H2,1-3H3. The van der Waals surface area contributed by atoms with Gasteiger partial charge in [-0.25, -0.2) is 18.1 Å². The lowest BCUT2D eigenvalue weighted by molar-refractivity contribution is 0.584. The maximum Gasteiger partial charge on any atom is 0.250 e. The molecule has 3 aromatic rings. The summed E-state index contributed by atoms with van der Waals surface area (Å²) in [5.41, 5.74) is 3.10. The Hall–Kier alpha value is -1.70. The van der Waals surface area contributed by atoms with Gasteiger partial charge >= 0.3 is 0 Å². The van der Waals surface area contributed by atoms with Gasteiger partial charge in [-0.05, 0) is 50.1 Å². The Morgan fingerprint density at radius 3 is 2.70 bits per heavy atom. The fourth-order valence-electron chi connectivity index (χ4n) is 2.48. The average molecular weight is 349 g/mol. The Morgan fingerprint density at radius 2 is 2.00 bits per heavy atom. The highest BCUT2D eigenvalue weighted by atomic mass is 32.2. The molecule has 0 saturated heterocycles. The third-order valence-corrected chi connectivity index (χ3v) is 6.81. The van der Waals surface area contributed by atoms with Gasteiger partial charge in [-0.2, -0.15) is 0 Å².